The lowest BCUT2D eigenvalue weighted by atomic mass is 9.86. The van der Waals surface area contributed by atoms with Crippen LogP contribution in [0.2, 0.25) is 5.02 Å². The SMILES string of the molecule is [C-]#[N+]c1c(N)nc(SCc2csc(-c3ccc(Cl)cc3)n2)c(C#N)c1C1CCN(C(=O)OC(C)(C)C)CC1. The van der Waals surface area contributed by atoms with Gasteiger partial charge in [0.25, 0.3) is 0 Å². The minimum atomic E-state index is -0.572. The van der Waals surface area contributed by atoms with Gasteiger partial charge in [0.1, 0.15) is 27.5 Å². The minimum Gasteiger partial charge on any atom is -0.444 e. The Morgan fingerprint density at radius 3 is 2.61 bits per heavy atom. The highest BCUT2D eigenvalue weighted by atomic mass is 35.5. The van der Waals surface area contributed by atoms with E-state index in [9.17, 15) is 10.1 Å². The van der Waals surface area contributed by atoms with Crippen molar-refractivity contribution in [3.63, 3.8) is 0 Å². The highest BCUT2D eigenvalue weighted by molar-refractivity contribution is 7.98. The van der Waals surface area contributed by atoms with Crippen molar-refractivity contribution in [2.75, 3.05) is 18.8 Å². The number of pyridine rings is 1. The number of piperidine rings is 1. The van der Waals surface area contributed by atoms with E-state index in [2.05, 4.69) is 15.9 Å². The number of ether oxygens (including phenoxy) is 1. The van der Waals surface area contributed by atoms with Crippen LogP contribution in [0.5, 0.6) is 0 Å². The molecule has 0 saturated carbocycles. The van der Waals surface area contributed by atoms with E-state index in [4.69, 9.17) is 33.6 Å². The van der Waals surface area contributed by atoms with Crippen molar-refractivity contribution in [3.8, 4) is 16.6 Å². The third-order valence-electron chi connectivity index (χ3n) is 5.98. The summed E-state index contributed by atoms with van der Waals surface area (Å²) >= 11 is 8.91. The Morgan fingerprint density at radius 1 is 1.32 bits per heavy atom. The number of hydrogen-bond acceptors (Lipinski definition) is 8. The number of thioether (sulfide) groups is 1. The molecule has 1 aromatic carbocycles. The monoisotopic (exact) mass is 566 g/mol. The van der Waals surface area contributed by atoms with Gasteiger partial charge in [0.2, 0.25) is 5.69 Å². The molecule has 1 amide bonds. The summed E-state index contributed by atoms with van der Waals surface area (Å²) in [6, 6.07) is 9.80. The normalized spacial score (nSPS) is 14.1. The molecule has 1 aliphatic rings. The third kappa shape index (κ3) is 6.39. The number of aromatic nitrogens is 2. The molecule has 38 heavy (non-hydrogen) atoms. The van der Waals surface area contributed by atoms with Crippen LogP contribution in [-0.4, -0.2) is 39.7 Å². The van der Waals surface area contributed by atoms with E-state index < -0.39 is 5.60 Å². The van der Waals surface area contributed by atoms with Gasteiger partial charge >= 0.3 is 6.09 Å². The molecule has 1 fully saturated rings. The predicted molar refractivity (Wildman–Crippen MR) is 152 cm³/mol. The fraction of sp³-hybridized carbons (Fsp3) is 0.370. The Balaban J connectivity index is 1.53. The molecule has 3 aromatic rings. The van der Waals surface area contributed by atoms with Gasteiger partial charge in [-0.15, -0.1) is 11.3 Å². The summed E-state index contributed by atoms with van der Waals surface area (Å²) < 4.78 is 5.50. The van der Waals surface area contributed by atoms with E-state index in [0.717, 1.165) is 16.3 Å². The molecule has 0 spiro atoms. The Kier molecular flexibility index (Phi) is 8.47. The highest BCUT2D eigenvalue weighted by Crippen LogP contribution is 2.43. The Bertz CT molecular complexity index is 1410. The summed E-state index contributed by atoms with van der Waals surface area (Å²) in [4.78, 5) is 26.9. The quantitative estimate of drug-likeness (QED) is 0.255. The number of nitrogens with zero attached hydrogens (tertiary/aromatic N) is 5. The van der Waals surface area contributed by atoms with E-state index in [1.165, 1.54) is 23.1 Å². The molecule has 11 heteroatoms. The second-order valence-electron chi connectivity index (χ2n) is 9.84. The number of amides is 1. The molecule has 0 atom stereocenters. The van der Waals surface area contributed by atoms with Gasteiger partial charge in [0.15, 0.2) is 0 Å². The number of carbonyl (C=O) groups is 1. The van der Waals surface area contributed by atoms with Gasteiger partial charge in [-0.25, -0.2) is 19.6 Å². The fourth-order valence-electron chi connectivity index (χ4n) is 4.24. The summed E-state index contributed by atoms with van der Waals surface area (Å²) in [7, 11) is 0. The molecule has 8 nitrogen and oxygen atoms in total. The predicted octanol–water partition coefficient (Wildman–Crippen LogP) is 7.27. The smallest absolute Gasteiger partial charge is 0.410 e. The van der Waals surface area contributed by atoms with Crippen molar-refractivity contribution in [1.29, 1.82) is 5.26 Å². The van der Waals surface area contributed by atoms with E-state index in [1.54, 1.807) is 4.90 Å². The topological polar surface area (TPSA) is 109 Å². The van der Waals surface area contributed by atoms with Gasteiger partial charge in [-0.3, -0.25) is 0 Å². The van der Waals surface area contributed by atoms with Gasteiger partial charge in [-0.1, -0.05) is 35.5 Å². The summed E-state index contributed by atoms with van der Waals surface area (Å²) in [5.41, 5.74) is 8.70. The standard InChI is InChI=1S/C27H27ClN6O2S2/c1-27(2,3)36-26(35)34-11-9-16(10-12-34)21-20(13-29)25(33-23(30)22(21)31-4)38-15-19-14-37-24(32-19)17-5-7-18(28)8-6-17/h5-8,14,16H,9-12,15H2,1-3H3,(H2,30,33). The third-order valence-corrected chi connectivity index (χ3v) is 8.18. The number of likely N-dealkylation sites (tertiary alicyclic amines) is 1. The van der Waals surface area contributed by atoms with Crippen LogP contribution < -0.4 is 5.73 Å². The van der Waals surface area contributed by atoms with Crippen LogP contribution in [0.3, 0.4) is 0 Å². The fourth-order valence-corrected chi connectivity index (χ4v) is 6.19. The summed E-state index contributed by atoms with van der Waals surface area (Å²) in [5, 5.41) is 14.1. The largest absolute Gasteiger partial charge is 0.444 e. The molecule has 0 unspecified atom stereocenters. The van der Waals surface area contributed by atoms with Gasteiger partial charge in [-0.05, 0) is 57.2 Å². The number of rotatable bonds is 5. The number of anilines is 1. The lowest BCUT2D eigenvalue weighted by molar-refractivity contribution is 0.0205. The second-order valence-corrected chi connectivity index (χ2v) is 12.1. The molecule has 3 heterocycles. The molecule has 0 bridgehead atoms. The lowest BCUT2D eigenvalue weighted by Gasteiger charge is -2.34. The average Bonchev–Trinajstić information content (AvgIpc) is 3.35. The first-order valence-electron chi connectivity index (χ1n) is 12.0. The molecular formula is C27H27ClN6O2S2. The van der Waals surface area contributed by atoms with E-state index in [1.807, 2.05) is 50.4 Å². The number of hydrogen-bond donors (Lipinski definition) is 1. The van der Waals surface area contributed by atoms with Gasteiger partial charge < -0.3 is 15.4 Å². The van der Waals surface area contributed by atoms with E-state index in [-0.39, 0.29) is 23.5 Å². The Morgan fingerprint density at radius 2 is 2.00 bits per heavy atom. The van der Waals surface area contributed by atoms with Crippen molar-refractivity contribution in [3.05, 3.63) is 62.9 Å². The van der Waals surface area contributed by atoms with Gasteiger partial charge in [0, 0.05) is 34.8 Å². The molecule has 0 aliphatic carbocycles. The van der Waals surface area contributed by atoms with Gasteiger partial charge in [-0.2, -0.15) is 5.26 Å². The van der Waals surface area contributed by atoms with Crippen LogP contribution >= 0.6 is 34.7 Å². The van der Waals surface area contributed by atoms with Crippen molar-refractivity contribution in [2.24, 2.45) is 0 Å². The Labute approximate surface area is 235 Å². The summed E-state index contributed by atoms with van der Waals surface area (Å²) in [6.45, 7) is 14.2. The van der Waals surface area contributed by atoms with Crippen LogP contribution in [0, 0.1) is 17.9 Å². The summed E-state index contributed by atoms with van der Waals surface area (Å²) in [5.74, 6) is 0.526. The van der Waals surface area contributed by atoms with Crippen LogP contribution in [-0.2, 0) is 10.5 Å². The van der Waals surface area contributed by atoms with Crippen LogP contribution in [0.4, 0.5) is 16.3 Å². The van der Waals surface area contributed by atoms with Crippen LogP contribution in [0.1, 0.15) is 56.4 Å². The maximum Gasteiger partial charge on any atom is 0.410 e. The van der Waals surface area contributed by atoms with E-state index in [0.29, 0.717) is 52.9 Å². The average molecular weight is 567 g/mol. The number of nitrogen functional groups attached to an aromatic ring is 1. The van der Waals surface area contributed by atoms with Crippen LogP contribution in [0.25, 0.3) is 15.4 Å². The molecule has 2 N–H and O–H groups in total. The molecule has 4 rings (SSSR count). The maximum absolute atomic E-state index is 12.5. The highest BCUT2D eigenvalue weighted by Gasteiger charge is 2.32. The second kappa shape index (κ2) is 11.6. The van der Waals surface area contributed by atoms with Gasteiger partial charge in [0.05, 0.1) is 17.8 Å². The minimum absolute atomic E-state index is 0.0899. The zero-order valence-corrected chi connectivity index (χ0v) is 23.7. The maximum atomic E-state index is 12.5. The van der Waals surface area contributed by atoms with Crippen molar-refractivity contribution in [1.82, 2.24) is 14.9 Å². The van der Waals surface area contributed by atoms with E-state index >= 15 is 0 Å². The first-order chi connectivity index (χ1) is 18.1. The first-order valence-corrected chi connectivity index (χ1v) is 14.3. The number of thiazole rings is 1. The molecular weight excluding hydrogens is 540 g/mol. The zero-order chi connectivity index (χ0) is 27.4. The van der Waals surface area contributed by atoms with Crippen LogP contribution in [0.15, 0.2) is 34.7 Å². The zero-order valence-electron chi connectivity index (χ0n) is 21.3. The molecule has 196 valence electrons. The molecule has 1 aliphatic heterocycles. The van der Waals surface area contributed by atoms with Crippen molar-refractivity contribution in [2.45, 2.75) is 55.9 Å². The van der Waals surface area contributed by atoms with Crippen molar-refractivity contribution >= 4 is 52.3 Å². The number of benzene rings is 1. The first kappa shape index (κ1) is 27.7. The molecule has 2 aromatic heterocycles. The lowest BCUT2D eigenvalue weighted by Crippen LogP contribution is -2.41. The number of nitrogens with two attached hydrogens (primary N) is 1. The number of halogens is 1. The Hall–Kier alpha value is -3.31. The number of nitriles is 1. The van der Waals surface area contributed by atoms with Crippen molar-refractivity contribution < 1.29 is 9.53 Å². The summed E-state index contributed by atoms with van der Waals surface area (Å²) in [6.07, 6.45) is 0.842. The number of carbonyl (C=O) groups excluding carboxylic acids is 1. The molecule has 0 radical (unpaired) electrons. The molecule has 1 saturated heterocycles.